The first kappa shape index (κ1) is 9.49. The van der Waals surface area contributed by atoms with E-state index in [9.17, 15) is 10.1 Å². The number of aryl methyl sites for hydroxylation is 1. The fourth-order valence-electron chi connectivity index (χ4n) is 1.01. The summed E-state index contributed by atoms with van der Waals surface area (Å²) in [5, 5.41) is 19.3. The molecule has 0 saturated carbocycles. The lowest BCUT2D eigenvalue weighted by atomic mass is 10.1. The molecular weight excluding hydrogens is 192 g/mol. The predicted molar refractivity (Wildman–Crippen MR) is 47.6 cm³/mol. The van der Waals surface area contributed by atoms with Crippen molar-refractivity contribution in [2.24, 2.45) is 0 Å². The number of nitriles is 1. The van der Waals surface area contributed by atoms with Gasteiger partial charge in [0.25, 0.3) is 5.69 Å². The van der Waals surface area contributed by atoms with Crippen LogP contribution in [-0.2, 0) is 0 Å². The Hall–Kier alpha value is -1.60. The lowest BCUT2D eigenvalue weighted by molar-refractivity contribution is -0.385. The van der Waals surface area contributed by atoms with E-state index in [4.69, 9.17) is 16.9 Å². The second-order valence-electron chi connectivity index (χ2n) is 2.46. The van der Waals surface area contributed by atoms with E-state index in [1.807, 2.05) is 0 Å². The van der Waals surface area contributed by atoms with Gasteiger partial charge in [0, 0.05) is 5.56 Å². The van der Waals surface area contributed by atoms with Gasteiger partial charge >= 0.3 is 0 Å². The van der Waals surface area contributed by atoms with Crippen LogP contribution in [0.5, 0.6) is 0 Å². The molecule has 0 aromatic heterocycles. The maximum atomic E-state index is 10.5. The molecule has 0 aliphatic rings. The summed E-state index contributed by atoms with van der Waals surface area (Å²) in [6.45, 7) is 1.56. The third kappa shape index (κ3) is 1.60. The Morgan fingerprint density at radius 2 is 2.23 bits per heavy atom. The zero-order valence-electron chi connectivity index (χ0n) is 6.74. The molecule has 0 spiro atoms. The topological polar surface area (TPSA) is 66.9 Å². The summed E-state index contributed by atoms with van der Waals surface area (Å²) in [5.41, 5.74) is 0.146. The summed E-state index contributed by atoms with van der Waals surface area (Å²) in [4.78, 5) is 9.95. The van der Waals surface area contributed by atoms with Gasteiger partial charge in [0.2, 0.25) is 0 Å². The van der Waals surface area contributed by atoms with E-state index in [0.717, 1.165) is 0 Å². The maximum absolute atomic E-state index is 10.5. The molecule has 0 radical (unpaired) electrons. The van der Waals surface area contributed by atoms with Gasteiger partial charge in [-0.25, -0.2) is 0 Å². The SMILES string of the molecule is Cc1ccc(Cl)c(C#N)c1[N+](=O)[O-]. The fraction of sp³-hybridized carbons (Fsp3) is 0.125. The minimum Gasteiger partial charge on any atom is -0.258 e. The fourth-order valence-corrected chi connectivity index (χ4v) is 1.21. The zero-order valence-corrected chi connectivity index (χ0v) is 7.50. The van der Waals surface area contributed by atoms with Gasteiger partial charge in [-0.1, -0.05) is 17.7 Å². The van der Waals surface area contributed by atoms with Crippen LogP contribution in [0.1, 0.15) is 11.1 Å². The summed E-state index contributed by atoms with van der Waals surface area (Å²) in [6, 6.07) is 4.70. The van der Waals surface area contributed by atoms with Crippen LogP contribution in [0.25, 0.3) is 0 Å². The van der Waals surface area contributed by atoms with Gasteiger partial charge in [0.15, 0.2) is 0 Å². The lowest BCUT2D eigenvalue weighted by Gasteiger charge is -1.99. The first-order chi connectivity index (χ1) is 6.07. The number of nitro benzene ring substituents is 1. The van der Waals surface area contributed by atoms with Crippen molar-refractivity contribution in [2.45, 2.75) is 6.92 Å². The molecule has 13 heavy (non-hydrogen) atoms. The van der Waals surface area contributed by atoms with E-state index < -0.39 is 4.92 Å². The third-order valence-corrected chi connectivity index (χ3v) is 1.94. The Kier molecular flexibility index (Phi) is 2.49. The number of hydrogen-bond acceptors (Lipinski definition) is 3. The molecule has 0 amide bonds. The van der Waals surface area contributed by atoms with Crippen LogP contribution >= 0.6 is 11.6 Å². The van der Waals surface area contributed by atoms with Crippen molar-refractivity contribution < 1.29 is 4.92 Å². The number of benzene rings is 1. The highest BCUT2D eigenvalue weighted by Crippen LogP contribution is 2.28. The van der Waals surface area contributed by atoms with Crippen LogP contribution in [0, 0.1) is 28.4 Å². The Bertz CT molecular complexity index is 409. The van der Waals surface area contributed by atoms with Gasteiger partial charge in [-0.3, -0.25) is 10.1 Å². The standard InChI is InChI=1S/C8H5ClN2O2/c1-5-2-3-7(9)6(4-10)8(5)11(12)13/h2-3H,1H3. The Labute approximate surface area is 79.5 Å². The molecular formula is C8H5ClN2O2. The average Bonchev–Trinajstić information content (AvgIpc) is 2.07. The third-order valence-electron chi connectivity index (χ3n) is 1.62. The van der Waals surface area contributed by atoms with E-state index in [-0.39, 0.29) is 16.3 Å². The van der Waals surface area contributed by atoms with E-state index in [2.05, 4.69) is 0 Å². The van der Waals surface area contributed by atoms with Crippen molar-refractivity contribution in [3.63, 3.8) is 0 Å². The number of nitrogens with zero attached hydrogens (tertiary/aromatic N) is 2. The summed E-state index contributed by atoms with van der Waals surface area (Å²) < 4.78 is 0. The molecule has 0 saturated heterocycles. The van der Waals surface area contributed by atoms with Gasteiger partial charge in [-0.2, -0.15) is 5.26 Å². The van der Waals surface area contributed by atoms with Gasteiger partial charge in [-0.15, -0.1) is 0 Å². The molecule has 0 aliphatic heterocycles. The molecule has 1 rings (SSSR count). The number of rotatable bonds is 1. The molecule has 1 aromatic carbocycles. The van der Waals surface area contributed by atoms with E-state index in [1.165, 1.54) is 12.1 Å². The van der Waals surface area contributed by atoms with Gasteiger partial charge < -0.3 is 0 Å². The first-order valence-electron chi connectivity index (χ1n) is 3.41. The summed E-state index contributed by atoms with van der Waals surface area (Å²) in [5.74, 6) is 0. The summed E-state index contributed by atoms with van der Waals surface area (Å²) in [6.07, 6.45) is 0. The molecule has 0 N–H and O–H groups in total. The van der Waals surface area contributed by atoms with Crippen molar-refractivity contribution in [1.82, 2.24) is 0 Å². The average molecular weight is 197 g/mol. The van der Waals surface area contributed by atoms with Gasteiger partial charge in [0.05, 0.1) is 9.95 Å². The number of halogens is 1. The molecule has 0 atom stereocenters. The normalized spacial score (nSPS) is 9.31. The Morgan fingerprint density at radius 3 is 2.62 bits per heavy atom. The largest absolute Gasteiger partial charge is 0.291 e. The highest BCUT2D eigenvalue weighted by Gasteiger charge is 2.19. The molecule has 0 bridgehead atoms. The van der Waals surface area contributed by atoms with E-state index in [0.29, 0.717) is 5.56 Å². The quantitative estimate of drug-likeness (QED) is 0.512. The highest BCUT2D eigenvalue weighted by molar-refractivity contribution is 6.32. The van der Waals surface area contributed by atoms with Crippen LogP contribution in [0.4, 0.5) is 5.69 Å². The minimum atomic E-state index is -0.597. The van der Waals surface area contributed by atoms with E-state index in [1.54, 1.807) is 13.0 Å². The van der Waals surface area contributed by atoms with Crippen LogP contribution in [-0.4, -0.2) is 4.92 Å². The molecule has 1 aromatic rings. The van der Waals surface area contributed by atoms with Crippen molar-refractivity contribution in [3.05, 3.63) is 38.4 Å². The highest BCUT2D eigenvalue weighted by atomic mass is 35.5. The zero-order chi connectivity index (χ0) is 10.0. The van der Waals surface area contributed by atoms with Crippen molar-refractivity contribution in [2.75, 3.05) is 0 Å². The smallest absolute Gasteiger partial charge is 0.258 e. The molecule has 0 aliphatic carbocycles. The predicted octanol–water partition coefficient (Wildman–Crippen LogP) is 2.43. The minimum absolute atomic E-state index is 0.0772. The van der Waals surface area contributed by atoms with Crippen LogP contribution < -0.4 is 0 Å². The lowest BCUT2D eigenvalue weighted by Crippen LogP contribution is -1.95. The monoisotopic (exact) mass is 196 g/mol. The maximum Gasteiger partial charge on any atom is 0.291 e. The van der Waals surface area contributed by atoms with Gasteiger partial charge in [0.1, 0.15) is 11.6 Å². The Morgan fingerprint density at radius 1 is 1.62 bits per heavy atom. The molecule has 0 heterocycles. The molecule has 66 valence electrons. The van der Waals surface area contributed by atoms with Crippen LogP contribution in [0.15, 0.2) is 12.1 Å². The van der Waals surface area contributed by atoms with Crippen molar-refractivity contribution in [3.8, 4) is 6.07 Å². The summed E-state index contributed by atoms with van der Waals surface area (Å²) in [7, 11) is 0. The molecule has 4 nitrogen and oxygen atoms in total. The Balaban J connectivity index is 3.55. The van der Waals surface area contributed by atoms with Crippen molar-refractivity contribution in [1.29, 1.82) is 5.26 Å². The number of nitro groups is 1. The van der Waals surface area contributed by atoms with Gasteiger partial charge in [-0.05, 0) is 13.0 Å². The van der Waals surface area contributed by atoms with Crippen LogP contribution in [0.2, 0.25) is 5.02 Å². The van der Waals surface area contributed by atoms with Crippen LogP contribution in [0.3, 0.4) is 0 Å². The second-order valence-corrected chi connectivity index (χ2v) is 2.86. The summed E-state index contributed by atoms with van der Waals surface area (Å²) >= 11 is 5.62. The molecule has 0 unspecified atom stereocenters. The van der Waals surface area contributed by atoms with Crippen molar-refractivity contribution >= 4 is 17.3 Å². The van der Waals surface area contributed by atoms with E-state index >= 15 is 0 Å². The number of hydrogen-bond donors (Lipinski definition) is 0. The molecule has 5 heteroatoms. The second kappa shape index (κ2) is 3.42. The molecule has 0 fully saturated rings. The first-order valence-corrected chi connectivity index (χ1v) is 3.79.